The molecule has 15 heavy (non-hydrogen) atoms. The van der Waals surface area contributed by atoms with E-state index in [1.165, 1.54) is 4.68 Å². The Morgan fingerprint density at radius 1 is 1.33 bits per heavy atom. The van der Waals surface area contributed by atoms with E-state index in [9.17, 15) is 4.91 Å². The van der Waals surface area contributed by atoms with Gasteiger partial charge in [0.25, 0.3) is 0 Å². The third-order valence-electron chi connectivity index (χ3n) is 1.85. The summed E-state index contributed by atoms with van der Waals surface area (Å²) in [5.41, 5.74) is 0.893. The molecule has 0 saturated carbocycles. The van der Waals surface area contributed by atoms with Crippen molar-refractivity contribution in [1.82, 2.24) is 9.78 Å². The number of benzene rings is 1. The van der Waals surface area contributed by atoms with Crippen molar-refractivity contribution in [3.05, 3.63) is 40.9 Å². The zero-order chi connectivity index (χ0) is 10.7. The first-order chi connectivity index (χ1) is 7.31. The average molecular weight is 204 g/mol. The van der Waals surface area contributed by atoms with Gasteiger partial charge in [0.15, 0.2) is 0 Å². The third kappa shape index (κ3) is 1.83. The summed E-state index contributed by atoms with van der Waals surface area (Å²) in [4.78, 5) is 9.95. The Morgan fingerprint density at radius 2 is 2.07 bits per heavy atom. The molecule has 0 spiro atoms. The van der Waals surface area contributed by atoms with Crippen molar-refractivity contribution in [2.75, 3.05) is 0 Å². The van der Waals surface area contributed by atoms with Crippen LogP contribution in [0.25, 0.3) is 11.5 Å². The first-order valence-electron chi connectivity index (χ1n) is 4.27. The molecule has 6 nitrogen and oxygen atoms in total. The van der Waals surface area contributed by atoms with Crippen molar-refractivity contribution >= 4 is 0 Å². The maximum absolute atomic E-state index is 9.95. The summed E-state index contributed by atoms with van der Waals surface area (Å²) in [6, 6.07) is 9.33. The second-order valence-electron chi connectivity index (χ2n) is 2.86. The van der Waals surface area contributed by atoms with E-state index in [-0.39, 0.29) is 5.68 Å². The Bertz CT molecular complexity index is 527. The van der Waals surface area contributed by atoms with Gasteiger partial charge in [-0.25, -0.2) is 4.68 Å². The predicted octanol–water partition coefficient (Wildman–Crippen LogP) is 1.26. The molecule has 6 heteroatoms. The molecule has 0 saturated heterocycles. The SMILES string of the molecule is Cn1nc(-c2ccccc2)o/c1=N/N=O. The second-order valence-corrected chi connectivity index (χ2v) is 2.86. The van der Waals surface area contributed by atoms with Gasteiger partial charge in [0.05, 0.1) is 5.29 Å². The monoisotopic (exact) mass is 204 g/mol. The first kappa shape index (κ1) is 9.32. The van der Waals surface area contributed by atoms with E-state index >= 15 is 0 Å². The lowest BCUT2D eigenvalue weighted by molar-refractivity contribution is 0.479. The van der Waals surface area contributed by atoms with E-state index in [4.69, 9.17) is 4.42 Å². The molecule has 2 aromatic rings. The van der Waals surface area contributed by atoms with Crippen molar-refractivity contribution < 1.29 is 4.42 Å². The highest BCUT2D eigenvalue weighted by Gasteiger charge is 2.05. The Morgan fingerprint density at radius 3 is 2.73 bits per heavy atom. The lowest BCUT2D eigenvalue weighted by atomic mass is 10.2. The van der Waals surface area contributed by atoms with Crippen LogP contribution in [-0.4, -0.2) is 9.78 Å². The third-order valence-corrected chi connectivity index (χ3v) is 1.85. The molecular weight excluding hydrogens is 196 g/mol. The minimum absolute atomic E-state index is 0.0730. The topological polar surface area (TPSA) is 72.8 Å². The standard InChI is InChI=1S/C9H8N4O2/c1-13-9(10-12-14)15-8(11-13)7-5-3-2-4-6-7/h2-6H,1H3/b10-9+. The summed E-state index contributed by atoms with van der Waals surface area (Å²) < 4.78 is 6.58. The van der Waals surface area contributed by atoms with Gasteiger partial charge in [-0.3, -0.25) is 0 Å². The van der Waals surface area contributed by atoms with Gasteiger partial charge in [-0.2, -0.15) is 0 Å². The Labute approximate surface area is 84.8 Å². The summed E-state index contributed by atoms with van der Waals surface area (Å²) in [7, 11) is 1.62. The first-order valence-corrected chi connectivity index (χ1v) is 4.27. The Hall–Kier alpha value is -2.24. The molecule has 1 heterocycles. The highest BCUT2D eigenvalue weighted by Crippen LogP contribution is 2.13. The molecule has 1 aromatic heterocycles. The summed E-state index contributed by atoms with van der Waals surface area (Å²) in [5.74, 6) is 0.403. The molecule has 0 N–H and O–H groups in total. The molecule has 0 atom stereocenters. The van der Waals surface area contributed by atoms with Crippen LogP contribution in [0.1, 0.15) is 0 Å². The number of rotatable bonds is 2. The second kappa shape index (κ2) is 3.87. The van der Waals surface area contributed by atoms with E-state index < -0.39 is 0 Å². The van der Waals surface area contributed by atoms with Crippen LogP contribution in [0.5, 0.6) is 0 Å². The number of nitrogens with zero attached hydrogens (tertiary/aromatic N) is 4. The van der Waals surface area contributed by atoms with Crippen molar-refractivity contribution in [2.24, 2.45) is 17.4 Å². The number of nitroso groups, excluding NO2 is 1. The molecule has 0 aliphatic carbocycles. The van der Waals surface area contributed by atoms with Gasteiger partial charge >= 0.3 is 5.68 Å². The zero-order valence-corrected chi connectivity index (χ0v) is 7.99. The van der Waals surface area contributed by atoms with E-state index in [0.717, 1.165) is 5.56 Å². The fourth-order valence-electron chi connectivity index (χ4n) is 1.17. The molecule has 0 unspecified atom stereocenters. The smallest absolute Gasteiger partial charge is 0.342 e. The van der Waals surface area contributed by atoms with Crippen LogP contribution in [0.3, 0.4) is 0 Å². The van der Waals surface area contributed by atoms with Crippen LogP contribution < -0.4 is 5.68 Å². The summed E-state index contributed by atoms with van der Waals surface area (Å²) >= 11 is 0. The van der Waals surface area contributed by atoms with Gasteiger partial charge in [-0.05, 0) is 12.1 Å². The number of aromatic nitrogens is 2. The van der Waals surface area contributed by atoms with Crippen LogP contribution in [0.2, 0.25) is 0 Å². The van der Waals surface area contributed by atoms with Crippen molar-refractivity contribution in [2.45, 2.75) is 0 Å². The molecule has 0 amide bonds. The number of aryl methyl sites for hydroxylation is 1. The van der Waals surface area contributed by atoms with Crippen LogP contribution in [0.4, 0.5) is 0 Å². The maximum atomic E-state index is 9.95. The fourth-order valence-corrected chi connectivity index (χ4v) is 1.17. The molecule has 0 fully saturated rings. The van der Waals surface area contributed by atoms with Gasteiger partial charge in [-0.1, -0.05) is 23.3 Å². The lowest BCUT2D eigenvalue weighted by Gasteiger charge is -1.90. The van der Waals surface area contributed by atoms with Gasteiger partial charge in [0.2, 0.25) is 5.89 Å². The molecular formula is C9H8N4O2. The minimum atomic E-state index is 0.0730. The quantitative estimate of drug-likeness (QED) is 0.546. The van der Waals surface area contributed by atoms with E-state index in [1.807, 2.05) is 30.3 Å². The molecule has 1 aromatic carbocycles. The summed E-state index contributed by atoms with van der Waals surface area (Å²) in [6.45, 7) is 0. The van der Waals surface area contributed by atoms with Crippen molar-refractivity contribution in [3.63, 3.8) is 0 Å². The summed E-state index contributed by atoms with van der Waals surface area (Å²) in [6.07, 6.45) is 0. The highest BCUT2D eigenvalue weighted by molar-refractivity contribution is 5.51. The van der Waals surface area contributed by atoms with Crippen LogP contribution in [-0.2, 0) is 7.05 Å². The van der Waals surface area contributed by atoms with E-state index in [2.05, 4.69) is 15.5 Å². The Balaban J connectivity index is 2.52. The molecule has 2 rings (SSSR count). The van der Waals surface area contributed by atoms with Gasteiger partial charge in [0.1, 0.15) is 0 Å². The van der Waals surface area contributed by atoms with Gasteiger partial charge in [0, 0.05) is 12.6 Å². The van der Waals surface area contributed by atoms with Gasteiger partial charge < -0.3 is 4.42 Å². The van der Waals surface area contributed by atoms with E-state index in [1.54, 1.807) is 7.05 Å². The van der Waals surface area contributed by atoms with E-state index in [0.29, 0.717) is 5.89 Å². The Kier molecular flexibility index (Phi) is 2.40. The number of hydrogen-bond acceptors (Lipinski definition) is 4. The fraction of sp³-hybridized carbons (Fsp3) is 0.111. The predicted molar refractivity (Wildman–Crippen MR) is 52.3 cm³/mol. The molecule has 0 aliphatic rings. The zero-order valence-electron chi connectivity index (χ0n) is 7.99. The normalized spacial score (nSPS) is 11.7. The van der Waals surface area contributed by atoms with Crippen LogP contribution in [0, 0.1) is 4.91 Å². The average Bonchev–Trinajstić information content (AvgIpc) is 2.63. The lowest BCUT2D eigenvalue weighted by Crippen LogP contribution is -2.12. The van der Waals surface area contributed by atoms with Crippen molar-refractivity contribution in [1.29, 1.82) is 0 Å². The molecule has 0 radical (unpaired) electrons. The largest absolute Gasteiger partial charge is 0.402 e. The van der Waals surface area contributed by atoms with Crippen molar-refractivity contribution in [3.8, 4) is 11.5 Å². The van der Waals surface area contributed by atoms with Crippen LogP contribution in [0.15, 0.2) is 45.1 Å². The summed E-state index contributed by atoms with van der Waals surface area (Å²) in [5, 5.41) is 9.71. The maximum Gasteiger partial charge on any atom is 0.342 e. The highest BCUT2D eigenvalue weighted by atomic mass is 16.4. The van der Waals surface area contributed by atoms with Crippen LogP contribution >= 0.6 is 0 Å². The number of hydrogen-bond donors (Lipinski definition) is 0. The van der Waals surface area contributed by atoms with Gasteiger partial charge in [-0.15, -0.1) is 10.0 Å². The minimum Gasteiger partial charge on any atom is -0.402 e. The molecule has 76 valence electrons. The molecule has 0 bridgehead atoms. The molecule has 0 aliphatic heterocycles.